The van der Waals surface area contributed by atoms with E-state index in [1.807, 2.05) is 0 Å². The van der Waals surface area contributed by atoms with Gasteiger partial charge in [-0.25, -0.2) is 0 Å². The van der Waals surface area contributed by atoms with Crippen LogP contribution in [0.3, 0.4) is 0 Å². The zero-order valence-electron chi connectivity index (χ0n) is 17.6. The number of rotatable bonds is 9. The Kier molecular flexibility index (Phi) is 8.24. The van der Waals surface area contributed by atoms with Gasteiger partial charge in [0.1, 0.15) is 0 Å². The van der Waals surface area contributed by atoms with Crippen molar-refractivity contribution in [1.82, 2.24) is 0 Å². The molecule has 1 aromatic rings. The summed E-state index contributed by atoms with van der Waals surface area (Å²) in [5, 5.41) is 0. The van der Waals surface area contributed by atoms with Crippen LogP contribution in [0.5, 0.6) is 0 Å². The van der Waals surface area contributed by atoms with Gasteiger partial charge in [-0.3, -0.25) is 0 Å². The van der Waals surface area contributed by atoms with Crippen LogP contribution in [-0.2, 0) is 6.42 Å². The maximum absolute atomic E-state index is 3.83. The van der Waals surface area contributed by atoms with Gasteiger partial charge in [0.25, 0.3) is 0 Å². The molecule has 2 aliphatic rings. The number of aryl methyl sites for hydroxylation is 1. The predicted molar refractivity (Wildman–Crippen MR) is 119 cm³/mol. The fourth-order valence-electron chi connectivity index (χ4n) is 5.37. The Morgan fingerprint density at radius 2 is 1.70 bits per heavy atom. The van der Waals surface area contributed by atoms with Gasteiger partial charge in [0, 0.05) is 0 Å². The lowest BCUT2D eigenvalue weighted by Crippen LogP contribution is -2.22. The van der Waals surface area contributed by atoms with Crippen LogP contribution in [0.1, 0.15) is 101 Å². The van der Waals surface area contributed by atoms with Crippen LogP contribution in [0.15, 0.2) is 48.6 Å². The summed E-state index contributed by atoms with van der Waals surface area (Å²) in [7, 11) is 0. The lowest BCUT2D eigenvalue weighted by atomic mass is 9.70. The van der Waals surface area contributed by atoms with E-state index >= 15 is 0 Å². The van der Waals surface area contributed by atoms with E-state index in [1.165, 1.54) is 89.0 Å². The summed E-state index contributed by atoms with van der Waals surface area (Å²) in [6.07, 6.45) is 22.2. The Bertz CT molecular complexity index is 583. The van der Waals surface area contributed by atoms with Gasteiger partial charge in [0.2, 0.25) is 0 Å². The van der Waals surface area contributed by atoms with Crippen molar-refractivity contribution in [3.05, 3.63) is 59.7 Å². The molecular formula is C27H40. The molecule has 0 aromatic heterocycles. The topological polar surface area (TPSA) is 0 Å². The fraction of sp³-hybridized carbons (Fsp3) is 0.630. The van der Waals surface area contributed by atoms with E-state index in [4.69, 9.17) is 0 Å². The minimum atomic E-state index is 0.816. The summed E-state index contributed by atoms with van der Waals surface area (Å²) < 4.78 is 0. The third-order valence-electron chi connectivity index (χ3n) is 7.13. The van der Waals surface area contributed by atoms with Gasteiger partial charge in [-0.15, -0.1) is 6.58 Å². The zero-order valence-corrected chi connectivity index (χ0v) is 17.6. The molecule has 1 fully saturated rings. The number of hydrogen-bond donors (Lipinski definition) is 0. The summed E-state index contributed by atoms with van der Waals surface area (Å²) in [6, 6.07) is 9.57. The SMILES string of the molecule is C=CCCCCC1=CCC(C2CCC(c3ccc(CCC)cc3)CC2)CC1. The molecule has 0 spiro atoms. The summed E-state index contributed by atoms with van der Waals surface area (Å²) in [5.74, 6) is 2.77. The van der Waals surface area contributed by atoms with Gasteiger partial charge >= 0.3 is 0 Å². The smallest absolute Gasteiger partial charge is 0.0162 e. The zero-order chi connectivity index (χ0) is 18.9. The van der Waals surface area contributed by atoms with Crippen LogP contribution >= 0.6 is 0 Å². The summed E-state index contributed by atoms with van der Waals surface area (Å²) in [6.45, 7) is 6.09. The monoisotopic (exact) mass is 364 g/mol. The molecule has 0 saturated heterocycles. The molecule has 1 saturated carbocycles. The van der Waals surface area contributed by atoms with Gasteiger partial charge in [-0.2, -0.15) is 0 Å². The van der Waals surface area contributed by atoms with E-state index in [9.17, 15) is 0 Å². The van der Waals surface area contributed by atoms with Crippen LogP contribution in [0.4, 0.5) is 0 Å². The average Bonchev–Trinajstić information content (AvgIpc) is 2.73. The first-order valence-electron chi connectivity index (χ1n) is 11.7. The van der Waals surface area contributed by atoms with Crippen LogP contribution < -0.4 is 0 Å². The Balaban J connectivity index is 1.41. The standard InChI is InChI=1S/C27H40/c1-3-5-6-7-9-23-12-16-25(17-13-23)27-20-18-26(19-21-27)24-14-10-22(8-4-2)11-15-24/h3,10-12,14-15,25-27H,1,4-9,13,16-21H2,2H3. The fourth-order valence-corrected chi connectivity index (χ4v) is 5.37. The van der Waals surface area contributed by atoms with Gasteiger partial charge in [-0.1, -0.05) is 55.3 Å². The highest BCUT2D eigenvalue weighted by molar-refractivity contribution is 5.26. The normalized spacial score (nSPS) is 25.8. The molecule has 0 radical (unpaired) electrons. The number of unbranched alkanes of at least 4 members (excludes halogenated alkanes) is 2. The lowest BCUT2D eigenvalue weighted by Gasteiger charge is -2.35. The van der Waals surface area contributed by atoms with Crippen LogP contribution in [0.25, 0.3) is 0 Å². The van der Waals surface area contributed by atoms with Crippen LogP contribution in [-0.4, -0.2) is 0 Å². The second-order valence-electron chi connectivity index (χ2n) is 9.03. The molecule has 1 unspecified atom stereocenters. The predicted octanol–water partition coefficient (Wildman–Crippen LogP) is 8.39. The van der Waals surface area contributed by atoms with Gasteiger partial charge < -0.3 is 0 Å². The molecule has 0 N–H and O–H groups in total. The second-order valence-corrected chi connectivity index (χ2v) is 9.03. The minimum Gasteiger partial charge on any atom is -0.103 e. The van der Waals surface area contributed by atoms with Crippen molar-refractivity contribution in [2.75, 3.05) is 0 Å². The molecule has 1 aromatic carbocycles. The molecular weight excluding hydrogens is 324 g/mol. The van der Waals surface area contributed by atoms with E-state index in [0.29, 0.717) is 0 Å². The van der Waals surface area contributed by atoms with Crippen molar-refractivity contribution in [3.8, 4) is 0 Å². The molecule has 27 heavy (non-hydrogen) atoms. The molecule has 0 amide bonds. The second kappa shape index (κ2) is 10.9. The largest absolute Gasteiger partial charge is 0.103 e. The molecule has 0 aliphatic heterocycles. The first-order chi connectivity index (χ1) is 13.3. The van der Waals surface area contributed by atoms with E-state index in [-0.39, 0.29) is 0 Å². The van der Waals surface area contributed by atoms with Crippen molar-refractivity contribution >= 4 is 0 Å². The maximum Gasteiger partial charge on any atom is -0.0162 e. The van der Waals surface area contributed by atoms with Crippen molar-refractivity contribution in [1.29, 1.82) is 0 Å². The highest BCUT2D eigenvalue weighted by Crippen LogP contribution is 2.43. The molecule has 2 aliphatic carbocycles. The quantitative estimate of drug-likeness (QED) is 0.305. The lowest BCUT2D eigenvalue weighted by molar-refractivity contribution is 0.217. The molecule has 0 nitrogen and oxygen atoms in total. The summed E-state index contributed by atoms with van der Waals surface area (Å²) in [4.78, 5) is 0. The maximum atomic E-state index is 3.83. The Labute approximate surface area is 168 Å². The first-order valence-corrected chi connectivity index (χ1v) is 11.7. The summed E-state index contributed by atoms with van der Waals surface area (Å²) >= 11 is 0. The van der Waals surface area contributed by atoms with E-state index in [2.05, 4.69) is 49.9 Å². The number of allylic oxidation sites excluding steroid dienone is 3. The van der Waals surface area contributed by atoms with Crippen molar-refractivity contribution in [2.45, 2.75) is 96.3 Å². The van der Waals surface area contributed by atoms with Crippen LogP contribution in [0.2, 0.25) is 0 Å². The molecule has 1 atom stereocenters. The van der Waals surface area contributed by atoms with Crippen molar-refractivity contribution in [3.63, 3.8) is 0 Å². The Hall–Kier alpha value is -1.30. The average molecular weight is 365 g/mol. The van der Waals surface area contributed by atoms with Crippen LogP contribution in [0, 0.1) is 11.8 Å². The number of hydrogen-bond acceptors (Lipinski definition) is 0. The molecule has 3 rings (SSSR count). The van der Waals surface area contributed by atoms with Crippen molar-refractivity contribution in [2.24, 2.45) is 11.8 Å². The van der Waals surface area contributed by atoms with E-state index < -0.39 is 0 Å². The minimum absolute atomic E-state index is 0.816. The Morgan fingerprint density at radius 1 is 0.926 bits per heavy atom. The van der Waals surface area contributed by atoms with E-state index in [0.717, 1.165) is 17.8 Å². The highest BCUT2D eigenvalue weighted by atomic mass is 14.3. The third kappa shape index (κ3) is 6.09. The molecule has 0 heterocycles. The highest BCUT2D eigenvalue weighted by Gasteiger charge is 2.29. The van der Waals surface area contributed by atoms with Gasteiger partial charge in [0.15, 0.2) is 0 Å². The van der Waals surface area contributed by atoms with Gasteiger partial charge in [-0.05, 0) is 106 Å². The first kappa shape index (κ1) is 20.4. The number of benzene rings is 1. The summed E-state index contributed by atoms with van der Waals surface area (Å²) in [5.41, 5.74) is 4.85. The molecule has 0 heteroatoms. The third-order valence-corrected chi connectivity index (χ3v) is 7.13. The van der Waals surface area contributed by atoms with Gasteiger partial charge in [0.05, 0.1) is 0 Å². The molecule has 148 valence electrons. The Morgan fingerprint density at radius 3 is 2.33 bits per heavy atom. The van der Waals surface area contributed by atoms with Crippen molar-refractivity contribution < 1.29 is 0 Å². The molecule has 0 bridgehead atoms. The van der Waals surface area contributed by atoms with E-state index in [1.54, 1.807) is 11.1 Å².